The molecule has 0 saturated carbocycles. The highest BCUT2D eigenvalue weighted by Gasteiger charge is 2.34. The molecule has 2 heterocycles. The van der Waals surface area contributed by atoms with E-state index in [0.717, 1.165) is 11.1 Å². The van der Waals surface area contributed by atoms with Gasteiger partial charge in [-0.25, -0.2) is 8.42 Å². The van der Waals surface area contributed by atoms with Crippen molar-refractivity contribution in [2.75, 3.05) is 4.72 Å². The van der Waals surface area contributed by atoms with Crippen molar-refractivity contribution in [3.05, 3.63) is 47.8 Å². The van der Waals surface area contributed by atoms with E-state index < -0.39 is 15.6 Å². The standard InChI is InChI=1S/C16H18N2O3S/c1-11-7-13(10-17-9-11)18-22(19,20)14-6-4-5-12-8-16(2,3)21-15(12)14/h4-7,9-10,18H,8H2,1-3H3. The van der Waals surface area contributed by atoms with Crippen LogP contribution < -0.4 is 9.46 Å². The molecule has 1 aromatic heterocycles. The molecule has 0 saturated heterocycles. The van der Waals surface area contributed by atoms with Crippen molar-refractivity contribution < 1.29 is 13.2 Å². The third-order valence-corrected chi connectivity index (χ3v) is 4.88. The number of ether oxygens (including phenoxy) is 1. The smallest absolute Gasteiger partial charge is 0.265 e. The van der Waals surface area contributed by atoms with Crippen LogP contribution >= 0.6 is 0 Å². The largest absolute Gasteiger partial charge is 0.486 e. The first-order chi connectivity index (χ1) is 10.3. The highest BCUT2D eigenvalue weighted by Crippen LogP contribution is 2.39. The van der Waals surface area contributed by atoms with Crippen molar-refractivity contribution in [3.63, 3.8) is 0 Å². The predicted molar refractivity (Wildman–Crippen MR) is 84.6 cm³/mol. The number of nitrogens with zero attached hydrogens (tertiary/aromatic N) is 1. The Kier molecular flexibility index (Phi) is 3.36. The minimum Gasteiger partial charge on any atom is -0.486 e. The van der Waals surface area contributed by atoms with Crippen molar-refractivity contribution in [1.82, 2.24) is 4.98 Å². The van der Waals surface area contributed by atoms with E-state index in [1.807, 2.05) is 26.8 Å². The maximum Gasteiger partial charge on any atom is 0.265 e. The summed E-state index contributed by atoms with van der Waals surface area (Å²) >= 11 is 0. The lowest BCUT2D eigenvalue weighted by atomic mass is 10.0. The molecular weight excluding hydrogens is 300 g/mol. The number of hydrogen-bond acceptors (Lipinski definition) is 4. The molecule has 0 radical (unpaired) electrons. The molecule has 6 heteroatoms. The summed E-state index contributed by atoms with van der Waals surface area (Å²) in [6, 6.07) is 6.94. The number of sulfonamides is 1. The van der Waals surface area contributed by atoms with Crippen LogP contribution in [0.25, 0.3) is 0 Å². The molecule has 0 bridgehead atoms. The molecule has 1 aromatic carbocycles. The molecule has 116 valence electrons. The van der Waals surface area contributed by atoms with Crippen LogP contribution in [0.2, 0.25) is 0 Å². The van der Waals surface area contributed by atoms with Crippen LogP contribution in [0.5, 0.6) is 5.75 Å². The van der Waals surface area contributed by atoms with Gasteiger partial charge in [0.2, 0.25) is 0 Å². The number of fused-ring (bicyclic) bond motifs is 1. The van der Waals surface area contributed by atoms with E-state index in [2.05, 4.69) is 9.71 Å². The number of rotatable bonds is 3. The highest BCUT2D eigenvalue weighted by atomic mass is 32.2. The Morgan fingerprint density at radius 3 is 2.77 bits per heavy atom. The van der Waals surface area contributed by atoms with Crippen LogP contribution in [0, 0.1) is 6.92 Å². The Labute approximate surface area is 130 Å². The quantitative estimate of drug-likeness (QED) is 0.945. The van der Waals surface area contributed by atoms with Crippen molar-refractivity contribution in [1.29, 1.82) is 0 Å². The van der Waals surface area contributed by atoms with Crippen LogP contribution in [0.1, 0.15) is 25.0 Å². The number of benzene rings is 1. The minimum absolute atomic E-state index is 0.164. The minimum atomic E-state index is -3.72. The third kappa shape index (κ3) is 2.78. The zero-order valence-electron chi connectivity index (χ0n) is 12.8. The average Bonchev–Trinajstić information content (AvgIpc) is 2.71. The fraction of sp³-hybridized carbons (Fsp3) is 0.312. The summed E-state index contributed by atoms with van der Waals surface area (Å²) in [5, 5.41) is 0. The van der Waals surface area contributed by atoms with Crippen molar-refractivity contribution in [2.24, 2.45) is 0 Å². The maximum absolute atomic E-state index is 12.7. The fourth-order valence-electron chi connectivity index (χ4n) is 2.62. The third-order valence-electron chi connectivity index (χ3n) is 3.47. The molecule has 0 spiro atoms. The van der Waals surface area contributed by atoms with E-state index in [9.17, 15) is 8.42 Å². The zero-order valence-corrected chi connectivity index (χ0v) is 13.6. The zero-order chi connectivity index (χ0) is 16.0. The van der Waals surface area contributed by atoms with Gasteiger partial charge < -0.3 is 4.74 Å². The monoisotopic (exact) mass is 318 g/mol. The summed E-state index contributed by atoms with van der Waals surface area (Å²) in [7, 11) is -3.72. The lowest BCUT2D eigenvalue weighted by molar-refractivity contribution is 0.135. The van der Waals surface area contributed by atoms with E-state index in [1.54, 1.807) is 24.4 Å². The summed E-state index contributed by atoms with van der Waals surface area (Å²) in [4.78, 5) is 4.16. The first kappa shape index (κ1) is 14.8. The molecule has 1 aliphatic rings. The lowest BCUT2D eigenvalue weighted by Gasteiger charge is -2.18. The summed E-state index contributed by atoms with van der Waals surface area (Å²) in [5.41, 5.74) is 1.85. The molecule has 1 aliphatic heterocycles. The van der Waals surface area contributed by atoms with Crippen molar-refractivity contribution in [2.45, 2.75) is 37.7 Å². The number of hydrogen-bond donors (Lipinski definition) is 1. The van der Waals surface area contributed by atoms with Gasteiger partial charge in [-0.15, -0.1) is 0 Å². The van der Waals surface area contributed by atoms with Gasteiger partial charge in [0.25, 0.3) is 10.0 Å². The van der Waals surface area contributed by atoms with Crippen LogP contribution in [-0.4, -0.2) is 19.0 Å². The number of aromatic nitrogens is 1. The molecule has 5 nitrogen and oxygen atoms in total. The Hall–Kier alpha value is -2.08. The van der Waals surface area contributed by atoms with Crippen LogP contribution in [-0.2, 0) is 16.4 Å². The van der Waals surface area contributed by atoms with Crippen LogP contribution in [0.15, 0.2) is 41.6 Å². The Morgan fingerprint density at radius 1 is 1.27 bits per heavy atom. The van der Waals surface area contributed by atoms with Gasteiger partial charge in [-0.2, -0.15) is 0 Å². The van der Waals surface area contributed by atoms with Gasteiger partial charge in [0.05, 0.1) is 11.9 Å². The summed E-state index contributed by atoms with van der Waals surface area (Å²) < 4.78 is 33.7. The van der Waals surface area contributed by atoms with E-state index >= 15 is 0 Å². The Bertz CT molecular complexity index is 829. The number of para-hydroxylation sites is 1. The summed E-state index contributed by atoms with van der Waals surface area (Å²) in [6.45, 7) is 5.75. The summed E-state index contributed by atoms with van der Waals surface area (Å²) in [5.74, 6) is 0.445. The second-order valence-electron chi connectivity index (χ2n) is 6.14. The Morgan fingerprint density at radius 2 is 2.05 bits per heavy atom. The van der Waals surface area contributed by atoms with Gasteiger partial charge in [0, 0.05) is 12.6 Å². The lowest BCUT2D eigenvalue weighted by Crippen LogP contribution is -2.25. The van der Waals surface area contributed by atoms with Gasteiger partial charge in [-0.1, -0.05) is 12.1 Å². The van der Waals surface area contributed by atoms with Gasteiger partial charge in [0.1, 0.15) is 16.2 Å². The molecular formula is C16H18N2O3S. The van der Waals surface area contributed by atoms with Crippen molar-refractivity contribution in [3.8, 4) is 5.75 Å². The van der Waals surface area contributed by atoms with Crippen LogP contribution in [0.4, 0.5) is 5.69 Å². The topological polar surface area (TPSA) is 68.3 Å². The molecule has 0 amide bonds. The molecule has 0 fully saturated rings. The molecule has 2 aromatic rings. The Balaban J connectivity index is 2.00. The molecule has 1 N–H and O–H groups in total. The van der Waals surface area contributed by atoms with Gasteiger partial charge >= 0.3 is 0 Å². The van der Waals surface area contributed by atoms with Gasteiger partial charge in [-0.05, 0) is 44.0 Å². The first-order valence-corrected chi connectivity index (χ1v) is 8.51. The SMILES string of the molecule is Cc1cncc(NS(=O)(=O)c2cccc3c2OC(C)(C)C3)c1. The highest BCUT2D eigenvalue weighted by molar-refractivity contribution is 7.92. The maximum atomic E-state index is 12.7. The second-order valence-corrected chi connectivity index (χ2v) is 7.79. The van der Waals surface area contributed by atoms with E-state index in [1.165, 1.54) is 6.20 Å². The molecule has 3 rings (SSSR count). The first-order valence-electron chi connectivity index (χ1n) is 7.02. The van der Waals surface area contributed by atoms with Gasteiger partial charge in [0.15, 0.2) is 0 Å². The molecule has 22 heavy (non-hydrogen) atoms. The molecule has 0 unspecified atom stereocenters. The van der Waals surface area contributed by atoms with E-state index in [4.69, 9.17) is 4.74 Å². The van der Waals surface area contributed by atoms with E-state index in [0.29, 0.717) is 17.9 Å². The fourth-order valence-corrected chi connectivity index (χ4v) is 3.83. The molecule has 0 aliphatic carbocycles. The number of pyridine rings is 1. The van der Waals surface area contributed by atoms with Crippen molar-refractivity contribution >= 4 is 15.7 Å². The summed E-state index contributed by atoms with van der Waals surface area (Å²) in [6.07, 6.45) is 3.85. The van der Waals surface area contributed by atoms with E-state index in [-0.39, 0.29) is 4.90 Å². The predicted octanol–water partition coefficient (Wildman–Crippen LogP) is 2.90. The van der Waals surface area contributed by atoms with Crippen LogP contribution in [0.3, 0.4) is 0 Å². The number of nitrogens with one attached hydrogen (secondary N) is 1. The number of aryl methyl sites for hydroxylation is 1. The van der Waals surface area contributed by atoms with Gasteiger partial charge in [-0.3, -0.25) is 9.71 Å². The second kappa shape index (κ2) is 4.98. The normalized spacial score (nSPS) is 16.0. The molecule has 0 atom stereocenters. The number of anilines is 1. The average molecular weight is 318 g/mol.